The lowest BCUT2D eigenvalue weighted by Crippen LogP contribution is -2.32. The van der Waals surface area contributed by atoms with Gasteiger partial charge in [-0.25, -0.2) is 18.7 Å². The number of rotatable bonds is 8. The number of hydrogen-bond donors (Lipinski definition) is 0. The first-order valence-corrected chi connectivity index (χ1v) is 12.8. The molecule has 0 unspecified atom stereocenters. The molecular weight excluding hydrogens is 473 g/mol. The molecule has 0 aliphatic heterocycles. The van der Waals surface area contributed by atoms with Gasteiger partial charge in [0, 0.05) is 17.7 Å². The van der Waals surface area contributed by atoms with Crippen LogP contribution in [0.3, 0.4) is 0 Å². The van der Waals surface area contributed by atoms with Gasteiger partial charge >= 0.3 is 11.7 Å². The summed E-state index contributed by atoms with van der Waals surface area (Å²) in [6, 6.07) is 15.6. The van der Waals surface area contributed by atoms with E-state index in [1.54, 1.807) is 12.1 Å². The maximum atomic E-state index is 13.9. The number of aromatic nitrogens is 3. The molecule has 0 saturated heterocycles. The molecule has 196 valence electrons. The van der Waals surface area contributed by atoms with Gasteiger partial charge < -0.3 is 9.47 Å². The fourth-order valence-corrected chi connectivity index (χ4v) is 4.67. The SMILES string of the molecule is CC(C)(C)OC(=O)COCC1CCC(Cn2nc(-c3ccccc3)c(-c3cccc(F)c3)nc2=O)CC1. The lowest BCUT2D eigenvalue weighted by atomic mass is 9.82. The van der Waals surface area contributed by atoms with Crippen molar-refractivity contribution in [3.8, 4) is 22.5 Å². The van der Waals surface area contributed by atoms with Gasteiger partial charge in [0.2, 0.25) is 0 Å². The van der Waals surface area contributed by atoms with Gasteiger partial charge in [-0.05, 0) is 70.4 Å². The lowest BCUT2D eigenvalue weighted by Gasteiger charge is -2.28. The highest BCUT2D eigenvalue weighted by Gasteiger charge is 2.24. The molecule has 1 aromatic heterocycles. The third-order valence-electron chi connectivity index (χ3n) is 6.41. The molecule has 0 amide bonds. The summed E-state index contributed by atoms with van der Waals surface area (Å²) in [5.41, 5.74) is 1.29. The Hall–Kier alpha value is -3.39. The summed E-state index contributed by atoms with van der Waals surface area (Å²) < 4.78 is 26.2. The first-order valence-electron chi connectivity index (χ1n) is 12.8. The zero-order valence-electron chi connectivity index (χ0n) is 21.7. The molecule has 0 spiro atoms. The van der Waals surface area contributed by atoms with Gasteiger partial charge in [0.15, 0.2) is 0 Å². The standard InChI is InChI=1S/C29H34FN3O4/c1-29(2,3)37-25(34)19-36-18-21-14-12-20(13-15-21)17-33-28(35)31-26(23-10-7-11-24(30)16-23)27(32-33)22-8-5-4-6-9-22/h4-11,16,20-21H,12-15,17-19H2,1-3H3. The molecular formula is C29H34FN3O4. The van der Waals surface area contributed by atoms with Crippen molar-refractivity contribution in [3.05, 3.63) is 70.9 Å². The number of carbonyl (C=O) groups excluding carboxylic acids is 1. The first-order chi connectivity index (χ1) is 17.7. The number of carbonyl (C=O) groups is 1. The summed E-state index contributed by atoms with van der Waals surface area (Å²) in [4.78, 5) is 29.1. The van der Waals surface area contributed by atoms with Crippen LogP contribution in [0.25, 0.3) is 22.5 Å². The van der Waals surface area contributed by atoms with Crippen LogP contribution in [0.1, 0.15) is 46.5 Å². The predicted octanol–water partition coefficient (Wildman–Crippen LogP) is 5.28. The smallest absolute Gasteiger partial charge is 0.364 e. The van der Waals surface area contributed by atoms with Crippen LogP contribution in [0, 0.1) is 17.7 Å². The first kappa shape index (κ1) is 26.7. The Kier molecular flexibility index (Phi) is 8.48. The van der Waals surface area contributed by atoms with Crippen LogP contribution < -0.4 is 5.69 Å². The number of benzene rings is 2. The van der Waals surface area contributed by atoms with Crippen molar-refractivity contribution in [3.63, 3.8) is 0 Å². The van der Waals surface area contributed by atoms with Gasteiger partial charge in [0.05, 0.1) is 6.61 Å². The molecule has 1 heterocycles. The van der Waals surface area contributed by atoms with Crippen LogP contribution in [-0.2, 0) is 20.8 Å². The Bertz CT molecular complexity index is 1260. The van der Waals surface area contributed by atoms with Crippen molar-refractivity contribution in [1.82, 2.24) is 14.8 Å². The van der Waals surface area contributed by atoms with E-state index < -0.39 is 17.1 Å². The normalized spacial score (nSPS) is 17.9. The molecule has 3 aromatic rings. The van der Waals surface area contributed by atoms with Gasteiger partial charge in [0.25, 0.3) is 0 Å². The van der Waals surface area contributed by atoms with E-state index in [1.165, 1.54) is 16.8 Å². The molecule has 1 saturated carbocycles. The zero-order chi connectivity index (χ0) is 26.4. The maximum absolute atomic E-state index is 13.9. The van der Waals surface area contributed by atoms with E-state index in [1.807, 2.05) is 51.1 Å². The summed E-state index contributed by atoms with van der Waals surface area (Å²) in [6.45, 7) is 6.45. The van der Waals surface area contributed by atoms with Crippen molar-refractivity contribution >= 4 is 5.97 Å². The average Bonchev–Trinajstić information content (AvgIpc) is 2.85. The average molecular weight is 508 g/mol. The maximum Gasteiger partial charge on any atom is 0.364 e. The van der Waals surface area contributed by atoms with Crippen LogP contribution >= 0.6 is 0 Å². The lowest BCUT2D eigenvalue weighted by molar-refractivity contribution is -0.160. The van der Waals surface area contributed by atoms with E-state index >= 15 is 0 Å². The van der Waals surface area contributed by atoms with Crippen LogP contribution in [-0.4, -0.2) is 39.5 Å². The Morgan fingerprint density at radius 1 is 0.973 bits per heavy atom. The van der Waals surface area contributed by atoms with Crippen molar-refractivity contribution < 1.29 is 18.7 Å². The van der Waals surface area contributed by atoms with Crippen LogP contribution in [0.4, 0.5) is 4.39 Å². The summed E-state index contributed by atoms with van der Waals surface area (Å²) in [6.07, 6.45) is 3.77. The Morgan fingerprint density at radius 3 is 2.32 bits per heavy atom. The monoisotopic (exact) mass is 507 g/mol. The summed E-state index contributed by atoms with van der Waals surface area (Å²) in [5.74, 6) is -0.0844. The minimum Gasteiger partial charge on any atom is -0.458 e. The second-order valence-electron chi connectivity index (χ2n) is 10.6. The Labute approximate surface area is 216 Å². The number of hydrogen-bond acceptors (Lipinski definition) is 6. The molecule has 0 atom stereocenters. The highest BCUT2D eigenvalue weighted by molar-refractivity contribution is 5.77. The Balaban J connectivity index is 1.41. The summed E-state index contributed by atoms with van der Waals surface area (Å²) >= 11 is 0. The number of halogens is 1. The van der Waals surface area contributed by atoms with Crippen molar-refractivity contribution in [2.75, 3.05) is 13.2 Å². The molecule has 1 aliphatic rings. The molecule has 37 heavy (non-hydrogen) atoms. The van der Waals surface area contributed by atoms with Gasteiger partial charge in [-0.15, -0.1) is 0 Å². The Morgan fingerprint density at radius 2 is 1.65 bits per heavy atom. The van der Waals surface area contributed by atoms with E-state index in [9.17, 15) is 14.0 Å². The van der Waals surface area contributed by atoms with Gasteiger partial charge in [-0.2, -0.15) is 10.1 Å². The third kappa shape index (κ3) is 7.55. The van der Waals surface area contributed by atoms with Crippen LogP contribution in [0.5, 0.6) is 0 Å². The summed E-state index contributed by atoms with van der Waals surface area (Å²) in [5, 5.41) is 4.70. The molecule has 0 bridgehead atoms. The van der Waals surface area contributed by atoms with Gasteiger partial charge in [0.1, 0.15) is 29.4 Å². The van der Waals surface area contributed by atoms with Crippen molar-refractivity contribution in [2.45, 2.75) is 58.6 Å². The molecule has 1 fully saturated rings. The van der Waals surface area contributed by atoms with E-state index in [0.29, 0.717) is 36.0 Å². The number of nitrogens with zero attached hydrogens (tertiary/aromatic N) is 3. The number of ether oxygens (including phenoxy) is 2. The molecule has 2 aromatic carbocycles. The third-order valence-corrected chi connectivity index (χ3v) is 6.41. The van der Waals surface area contributed by atoms with Gasteiger partial charge in [-0.3, -0.25) is 0 Å². The van der Waals surface area contributed by atoms with Crippen molar-refractivity contribution in [1.29, 1.82) is 0 Å². The topological polar surface area (TPSA) is 83.3 Å². The molecule has 8 heteroatoms. The molecule has 1 aliphatic carbocycles. The minimum atomic E-state index is -0.519. The van der Waals surface area contributed by atoms with Crippen molar-refractivity contribution in [2.24, 2.45) is 11.8 Å². The highest BCUT2D eigenvalue weighted by atomic mass is 19.1. The largest absolute Gasteiger partial charge is 0.458 e. The second-order valence-corrected chi connectivity index (χ2v) is 10.6. The second kappa shape index (κ2) is 11.8. The van der Waals surface area contributed by atoms with Crippen LogP contribution in [0.2, 0.25) is 0 Å². The van der Waals surface area contributed by atoms with E-state index in [2.05, 4.69) is 4.98 Å². The number of esters is 1. The fourth-order valence-electron chi connectivity index (χ4n) is 4.67. The molecule has 7 nitrogen and oxygen atoms in total. The van der Waals surface area contributed by atoms with E-state index in [4.69, 9.17) is 14.6 Å². The highest BCUT2D eigenvalue weighted by Crippen LogP contribution is 2.31. The quantitative estimate of drug-likeness (QED) is 0.386. The summed E-state index contributed by atoms with van der Waals surface area (Å²) in [7, 11) is 0. The van der Waals surface area contributed by atoms with Crippen LogP contribution in [0.15, 0.2) is 59.4 Å². The van der Waals surface area contributed by atoms with E-state index in [0.717, 1.165) is 31.2 Å². The molecule has 4 rings (SSSR count). The fraction of sp³-hybridized carbons (Fsp3) is 0.448. The predicted molar refractivity (Wildman–Crippen MR) is 139 cm³/mol. The molecule has 0 radical (unpaired) electrons. The van der Waals surface area contributed by atoms with E-state index in [-0.39, 0.29) is 18.5 Å². The minimum absolute atomic E-state index is 0.0396. The van der Waals surface area contributed by atoms with Gasteiger partial charge in [-0.1, -0.05) is 42.5 Å². The zero-order valence-corrected chi connectivity index (χ0v) is 21.7. The molecule has 0 N–H and O–H groups in total.